The van der Waals surface area contributed by atoms with Crippen molar-refractivity contribution < 1.29 is 9.53 Å². The van der Waals surface area contributed by atoms with E-state index in [1.807, 2.05) is 0 Å². The number of carbonyl (C=O) groups is 1. The summed E-state index contributed by atoms with van der Waals surface area (Å²) in [4.78, 5) is 23.6. The Bertz CT molecular complexity index is 990. The molecule has 1 aliphatic rings. The van der Waals surface area contributed by atoms with Crippen LogP contribution in [-0.4, -0.2) is 28.7 Å². The molecule has 1 N–H and O–H groups in total. The molecule has 3 aromatic rings. The number of nitrogens with zero attached hydrogens (tertiary/aromatic N) is 2. The summed E-state index contributed by atoms with van der Waals surface area (Å²) in [7, 11) is 1.56. The summed E-state index contributed by atoms with van der Waals surface area (Å²) in [6, 6.07) is 5.13. The lowest BCUT2D eigenvalue weighted by molar-refractivity contribution is -0.113. The van der Waals surface area contributed by atoms with Crippen LogP contribution < -0.4 is 10.1 Å². The molecule has 0 fully saturated rings. The molecule has 0 saturated carbocycles. The first-order valence-electron chi connectivity index (χ1n) is 8.17. The van der Waals surface area contributed by atoms with Crippen molar-refractivity contribution in [3.8, 4) is 5.75 Å². The summed E-state index contributed by atoms with van der Waals surface area (Å²) in [6.07, 6.45) is 4.96. The molecule has 1 aromatic carbocycles. The monoisotopic (exact) mass is 405 g/mol. The Labute approximate surface area is 164 Å². The smallest absolute Gasteiger partial charge is 0.234 e. The summed E-state index contributed by atoms with van der Waals surface area (Å²) in [6.45, 7) is 0. The van der Waals surface area contributed by atoms with Gasteiger partial charge in [-0.05, 0) is 43.0 Å². The normalized spacial score (nSPS) is 13.0. The Morgan fingerprint density at radius 1 is 1.38 bits per heavy atom. The van der Waals surface area contributed by atoms with Crippen molar-refractivity contribution in [2.75, 3.05) is 18.2 Å². The van der Waals surface area contributed by atoms with Gasteiger partial charge < -0.3 is 10.1 Å². The zero-order valence-electron chi connectivity index (χ0n) is 14.0. The van der Waals surface area contributed by atoms with Gasteiger partial charge in [-0.1, -0.05) is 23.4 Å². The Kier molecular flexibility index (Phi) is 5.02. The summed E-state index contributed by atoms with van der Waals surface area (Å²) in [5.74, 6) is 0.703. The molecule has 4 rings (SSSR count). The maximum Gasteiger partial charge on any atom is 0.234 e. The van der Waals surface area contributed by atoms with E-state index in [1.165, 1.54) is 28.6 Å². The number of fused-ring (bicyclic) bond motifs is 3. The van der Waals surface area contributed by atoms with Gasteiger partial charge in [-0.2, -0.15) is 0 Å². The van der Waals surface area contributed by atoms with Gasteiger partial charge in [0.25, 0.3) is 0 Å². The quantitative estimate of drug-likeness (QED) is 0.497. The molecule has 0 saturated heterocycles. The van der Waals surface area contributed by atoms with Crippen molar-refractivity contribution in [3.63, 3.8) is 0 Å². The average Bonchev–Trinajstić information content (AvgIpc) is 3.21. The molecule has 0 aliphatic heterocycles. The largest absolute Gasteiger partial charge is 0.495 e. The van der Waals surface area contributed by atoms with Crippen LogP contribution in [0.15, 0.2) is 29.6 Å². The van der Waals surface area contributed by atoms with Gasteiger partial charge in [0.15, 0.2) is 0 Å². The highest BCUT2D eigenvalue weighted by molar-refractivity contribution is 8.00. The van der Waals surface area contributed by atoms with Crippen LogP contribution in [0.1, 0.15) is 16.9 Å². The van der Waals surface area contributed by atoms with E-state index in [2.05, 4.69) is 15.3 Å². The minimum absolute atomic E-state index is 0.130. The number of thioether (sulfide) groups is 1. The van der Waals surface area contributed by atoms with Crippen LogP contribution in [0.25, 0.3) is 10.2 Å². The fraction of sp³-hybridized carbons (Fsp3) is 0.278. The molecule has 26 heavy (non-hydrogen) atoms. The second-order valence-electron chi connectivity index (χ2n) is 5.90. The first-order chi connectivity index (χ1) is 12.7. The maximum absolute atomic E-state index is 12.4. The minimum atomic E-state index is -0.130. The van der Waals surface area contributed by atoms with E-state index in [4.69, 9.17) is 16.3 Å². The van der Waals surface area contributed by atoms with Crippen LogP contribution >= 0.6 is 34.7 Å². The van der Waals surface area contributed by atoms with Crippen LogP contribution in [0.3, 0.4) is 0 Å². The fourth-order valence-electron chi connectivity index (χ4n) is 3.11. The first-order valence-corrected chi connectivity index (χ1v) is 10.3. The van der Waals surface area contributed by atoms with E-state index in [1.54, 1.807) is 43.0 Å². The number of benzene rings is 1. The highest BCUT2D eigenvalue weighted by Gasteiger charge is 2.21. The number of amides is 1. The van der Waals surface area contributed by atoms with E-state index in [0.717, 1.165) is 28.1 Å². The standard InChI is InChI=1S/C18H16ClN3O2S2/c1-24-13-6-5-10(19)7-12(13)22-15(23)8-25-17-16-11-3-2-4-14(11)26-18(16)21-9-20-17/h5-7,9H,2-4,8H2,1H3,(H,22,23). The second kappa shape index (κ2) is 7.42. The first kappa shape index (κ1) is 17.6. The van der Waals surface area contributed by atoms with E-state index in [-0.39, 0.29) is 11.7 Å². The summed E-state index contributed by atoms with van der Waals surface area (Å²) in [5, 5.41) is 5.40. The van der Waals surface area contributed by atoms with Gasteiger partial charge in [0.1, 0.15) is 21.9 Å². The molecule has 2 heterocycles. The van der Waals surface area contributed by atoms with Crippen LogP contribution in [0.4, 0.5) is 5.69 Å². The number of halogens is 1. The number of hydrogen-bond donors (Lipinski definition) is 1. The number of hydrogen-bond acceptors (Lipinski definition) is 6. The van der Waals surface area contributed by atoms with Gasteiger partial charge in [0.05, 0.1) is 18.6 Å². The Morgan fingerprint density at radius 3 is 3.12 bits per heavy atom. The third-order valence-electron chi connectivity index (χ3n) is 4.24. The van der Waals surface area contributed by atoms with Crippen molar-refractivity contribution >= 4 is 56.5 Å². The van der Waals surface area contributed by atoms with Crippen molar-refractivity contribution in [2.45, 2.75) is 24.3 Å². The Morgan fingerprint density at radius 2 is 2.27 bits per heavy atom. The fourth-order valence-corrected chi connectivity index (χ4v) is 5.40. The molecule has 5 nitrogen and oxygen atoms in total. The molecule has 8 heteroatoms. The number of thiophene rings is 1. The van der Waals surface area contributed by atoms with Crippen LogP contribution in [0.5, 0.6) is 5.75 Å². The molecular formula is C18H16ClN3O2S2. The van der Waals surface area contributed by atoms with Gasteiger partial charge in [0.2, 0.25) is 5.91 Å². The second-order valence-corrected chi connectivity index (χ2v) is 8.38. The van der Waals surface area contributed by atoms with E-state index in [9.17, 15) is 4.79 Å². The number of anilines is 1. The molecule has 0 bridgehead atoms. The number of ether oxygens (including phenoxy) is 1. The predicted molar refractivity (Wildman–Crippen MR) is 107 cm³/mol. The lowest BCUT2D eigenvalue weighted by Gasteiger charge is -2.10. The molecule has 0 radical (unpaired) electrons. The van der Waals surface area contributed by atoms with Crippen molar-refractivity contribution in [2.24, 2.45) is 0 Å². The van der Waals surface area contributed by atoms with Gasteiger partial charge >= 0.3 is 0 Å². The van der Waals surface area contributed by atoms with Crippen LogP contribution in [-0.2, 0) is 17.6 Å². The molecular weight excluding hydrogens is 390 g/mol. The molecule has 1 aliphatic carbocycles. The molecule has 0 spiro atoms. The third kappa shape index (κ3) is 3.39. The molecule has 0 unspecified atom stereocenters. The number of aromatic nitrogens is 2. The average molecular weight is 406 g/mol. The number of carbonyl (C=O) groups excluding carboxylic acids is 1. The topological polar surface area (TPSA) is 64.1 Å². The van der Waals surface area contributed by atoms with Gasteiger partial charge in [-0.3, -0.25) is 4.79 Å². The van der Waals surface area contributed by atoms with Crippen LogP contribution in [0, 0.1) is 0 Å². The number of aryl methyl sites for hydroxylation is 2. The summed E-state index contributed by atoms with van der Waals surface area (Å²) >= 11 is 9.19. The summed E-state index contributed by atoms with van der Waals surface area (Å²) in [5.41, 5.74) is 1.93. The van der Waals surface area contributed by atoms with E-state index < -0.39 is 0 Å². The molecule has 0 atom stereocenters. The van der Waals surface area contributed by atoms with Gasteiger partial charge in [-0.25, -0.2) is 9.97 Å². The van der Waals surface area contributed by atoms with Gasteiger partial charge in [0, 0.05) is 15.3 Å². The Balaban J connectivity index is 1.50. The van der Waals surface area contributed by atoms with Gasteiger partial charge in [-0.15, -0.1) is 11.3 Å². The number of rotatable bonds is 5. The maximum atomic E-state index is 12.4. The van der Waals surface area contributed by atoms with E-state index in [0.29, 0.717) is 16.5 Å². The van der Waals surface area contributed by atoms with Crippen molar-refractivity contribution in [1.82, 2.24) is 9.97 Å². The summed E-state index contributed by atoms with van der Waals surface area (Å²) < 4.78 is 5.26. The highest BCUT2D eigenvalue weighted by Crippen LogP contribution is 2.40. The van der Waals surface area contributed by atoms with Crippen molar-refractivity contribution in [3.05, 3.63) is 40.0 Å². The lowest BCUT2D eigenvalue weighted by Crippen LogP contribution is -2.14. The van der Waals surface area contributed by atoms with E-state index >= 15 is 0 Å². The molecule has 1 amide bonds. The minimum Gasteiger partial charge on any atom is -0.495 e. The van der Waals surface area contributed by atoms with Crippen LogP contribution in [0.2, 0.25) is 5.02 Å². The SMILES string of the molecule is COc1ccc(Cl)cc1NC(=O)CSc1ncnc2sc3c(c12)CCC3. The molecule has 134 valence electrons. The lowest BCUT2D eigenvalue weighted by atomic mass is 10.2. The predicted octanol–water partition coefficient (Wildman–Crippen LogP) is 4.57. The zero-order valence-corrected chi connectivity index (χ0v) is 16.4. The number of methoxy groups -OCH3 is 1. The zero-order chi connectivity index (χ0) is 18.1. The number of nitrogens with one attached hydrogen (secondary N) is 1. The molecule has 2 aromatic heterocycles. The third-order valence-corrected chi connectivity index (χ3v) is 6.67. The Hall–Kier alpha value is -1.83. The highest BCUT2D eigenvalue weighted by atomic mass is 35.5. The van der Waals surface area contributed by atoms with Crippen molar-refractivity contribution in [1.29, 1.82) is 0 Å².